The van der Waals surface area contributed by atoms with E-state index in [1.807, 2.05) is 0 Å². The lowest BCUT2D eigenvalue weighted by Crippen LogP contribution is -2.06. The highest BCUT2D eigenvalue weighted by Gasteiger charge is 2.20. The molecule has 0 bridgehead atoms. The summed E-state index contributed by atoms with van der Waals surface area (Å²) in [5.41, 5.74) is 3.46. The monoisotopic (exact) mass is 292 g/mol. The average Bonchev–Trinajstić information content (AvgIpc) is 3.20. The van der Waals surface area contributed by atoms with Crippen LogP contribution in [0, 0.1) is 12.8 Å². The number of benzene rings is 1. The van der Waals surface area contributed by atoms with Crippen molar-refractivity contribution in [1.82, 2.24) is 9.55 Å². The number of hydrogen-bond acceptors (Lipinski definition) is 2. The normalized spacial score (nSPS) is 15.1. The molecule has 0 spiro atoms. The van der Waals surface area contributed by atoms with Gasteiger partial charge in [-0.3, -0.25) is 0 Å². The fourth-order valence-electron chi connectivity index (χ4n) is 2.55. The molecule has 1 aliphatic carbocycles. The van der Waals surface area contributed by atoms with Crippen LogP contribution >= 0.6 is 11.6 Å². The molecule has 0 unspecified atom stereocenters. The number of alkyl halides is 1. The Morgan fingerprint density at radius 1 is 1.40 bits per heavy atom. The largest absolute Gasteiger partial charge is 0.381 e. The van der Waals surface area contributed by atoms with Gasteiger partial charge in [-0.25, -0.2) is 4.98 Å². The number of halogens is 1. The van der Waals surface area contributed by atoms with E-state index in [4.69, 9.17) is 16.3 Å². The van der Waals surface area contributed by atoms with Gasteiger partial charge in [0.1, 0.15) is 5.82 Å². The van der Waals surface area contributed by atoms with Crippen LogP contribution in [0.5, 0.6) is 0 Å². The molecule has 1 fully saturated rings. The molecule has 0 N–H and O–H groups in total. The van der Waals surface area contributed by atoms with Crippen molar-refractivity contribution >= 4 is 22.6 Å². The third kappa shape index (κ3) is 2.99. The Kier molecular flexibility index (Phi) is 4.27. The Morgan fingerprint density at radius 3 is 3.00 bits per heavy atom. The fraction of sp³-hybridized carbons (Fsp3) is 0.562. The van der Waals surface area contributed by atoms with Crippen molar-refractivity contribution in [3.8, 4) is 0 Å². The van der Waals surface area contributed by atoms with Crippen LogP contribution in [0.4, 0.5) is 0 Å². The highest BCUT2D eigenvalue weighted by molar-refractivity contribution is 6.16. The first kappa shape index (κ1) is 13.9. The van der Waals surface area contributed by atoms with Gasteiger partial charge in [-0.15, -0.1) is 11.6 Å². The minimum Gasteiger partial charge on any atom is -0.381 e. The standard InChI is InChI=1S/C16H21ClN2O/c1-12-4-2-5-14-16(12)18-15(10-17)19(14)8-3-9-20-11-13-6-7-13/h2,4-5,13H,3,6-11H2,1H3. The first-order valence-electron chi connectivity index (χ1n) is 7.38. The zero-order valence-electron chi connectivity index (χ0n) is 11.9. The molecule has 0 saturated heterocycles. The lowest BCUT2D eigenvalue weighted by atomic mass is 10.2. The van der Waals surface area contributed by atoms with Gasteiger partial charge in [-0.2, -0.15) is 0 Å². The maximum absolute atomic E-state index is 6.03. The highest BCUT2D eigenvalue weighted by Crippen LogP contribution is 2.28. The predicted molar refractivity (Wildman–Crippen MR) is 82.2 cm³/mol. The number of rotatable bonds is 7. The fourth-order valence-corrected chi connectivity index (χ4v) is 2.75. The molecule has 4 heteroatoms. The van der Waals surface area contributed by atoms with E-state index in [2.05, 4.69) is 34.7 Å². The first-order valence-corrected chi connectivity index (χ1v) is 7.91. The van der Waals surface area contributed by atoms with Crippen molar-refractivity contribution in [3.05, 3.63) is 29.6 Å². The summed E-state index contributed by atoms with van der Waals surface area (Å²) in [5.74, 6) is 2.25. The summed E-state index contributed by atoms with van der Waals surface area (Å²) in [6, 6.07) is 6.30. The lowest BCUT2D eigenvalue weighted by molar-refractivity contribution is 0.119. The Hall–Kier alpha value is -1.06. The third-order valence-electron chi connectivity index (χ3n) is 3.90. The number of imidazole rings is 1. The summed E-state index contributed by atoms with van der Waals surface area (Å²) < 4.78 is 7.93. The van der Waals surface area contributed by atoms with Gasteiger partial charge >= 0.3 is 0 Å². The Morgan fingerprint density at radius 2 is 2.25 bits per heavy atom. The van der Waals surface area contributed by atoms with Gasteiger partial charge < -0.3 is 9.30 Å². The molecule has 3 rings (SSSR count). The summed E-state index contributed by atoms with van der Waals surface area (Å²) >= 11 is 6.03. The van der Waals surface area contributed by atoms with Crippen molar-refractivity contribution < 1.29 is 4.74 Å². The molecule has 0 amide bonds. The molecule has 20 heavy (non-hydrogen) atoms. The smallest absolute Gasteiger partial charge is 0.124 e. The van der Waals surface area contributed by atoms with E-state index < -0.39 is 0 Å². The minimum absolute atomic E-state index is 0.455. The van der Waals surface area contributed by atoms with Crippen LogP contribution in [0.1, 0.15) is 30.7 Å². The van der Waals surface area contributed by atoms with Gasteiger partial charge in [0.2, 0.25) is 0 Å². The van der Waals surface area contributed by atoms with E-state index >= 15 is 0 Å². The summed E-state index contributed by atoms with van der Waals surface area (Å²) in [4.78, 5) is 4.66. The number of aryl methyl sites for hydroxylation is 2. The number of aromatic nitrogens is 2. The molecule has 1 saturated carbocycles. The van der Waals surface area contributed by atoms with Gasteiger partial charge in [0.25, 0.3) is 0 Å². The lowest BCUT2D eigenvalue weighted by Gasteiger charge is -2.08. The summed E-state index contributed by atoms with van der Waals surface area (Å²) in [5, 5.41) is 0. The topological polar surface area (TPSA) is 27.1 Å². The summed E-state index contributed by atoms with van der Waals surface area (Å²) in [6.45, 7) is 4.78. The second kappa shape index (κ2) is 6.15. The predicted octanol–water partition coefficient (Wildman–Crippen LogP) is 3.90. The zero-order chi connectivity index (χ0) is 13.9. The van der Waals surface area contributed by atoms with E-state index in [1.165, 1.54) is 23.9 Å². The molecule has 0 aliphatic heterocycles. The van der Waals surface area contributed by atoms with Gasteiger partial charge in [-0.1, -0.05) is 12.1 Å². The Labute approximate surface area is 124 Å². The Balaban J connectivity index is 1.67. The molecule has 0 atom stereocenters. The molecule has 1 heterocycles. The van der Waals surface area contributed by atoms with Crippen molar-refractivity contribution in [2.24, 2.45) is 5.92 Å². The van der Waals surface area contributed by atoms with Crippen LogP contribution in [0.15, 0.2) is 18.2 Å². The SMILES string of the molecule is Cc1cccc2c1nc(CCl)n2CCCOCC1CC1. The van der Waals surface area contributed by atoms with Gasteiger partial charge in [-0.05, 0) is 43.7 Å². The molecular weight excluding hydrogens is 272 g/mol. The van der Waals surface area contributed by atoms with Crippen LogP contribution in [-0.2, 0) is 17.2 Å². The van der Waals surface area contributed by atoms with Crippen molar-refractivity contribution in [2.45, 2.75) is 38.6 Å². The van der Waals surface area contributed by atoms with E-state index in [-0.39, 0.29) is 0 Å². The molecule has 108 valence electrons. The number of hydrogen-bond donors (Lipinski definition) is 0. The van der Waals surface area contributed by atoms with E-state index in [0.29, 0.717) is 5.88 Å². The van der Waals surface area contributed by atoms with Gasteiger partial charge in [0.15, 0.2) is 0 Å². The molecule has 1 aromatic heterocycles. The van der Waals surface area contributed by atoms with Crippen LogP contribution < -0.4 is 0 Å². The molecule has 1 aromatic carbocycles. The molecule has 3 nitrogen and oxygen atoms in total. The van der Waals surface area contributed by atoms with Crippen LogP contribution in [0.2, 0.25) is 0 Å². The van der Waals surface area contributed by atoms with Crippen molar-refractivity contribution in [2.75, 3.05) is 13.2 Å². The molecular formula is C16H21ClN2O. The van der Waals surface area contributed by atoms with Gasteiger partial charge in [0.05, 0.1) is 16.9 Å². The zero-order valence-corrected chi connectivity index (χ0v) is 12.7. The summed E-state index contributed by atoms with van der Waals surface area (Å²) in [7, 11) is 0. The van der Waals surface area contributed by atoms with Crippen molar-refractivity contribution in [1.29, 1.82) is 0 Å². The minimum atomic E-state index is 0.455. The van der Waals surface area contributed by atoms with Gasteiger partial charge in [0, 0.05) is 19.8 Å². The van der Waals surface area contributed by atoms with Crippen LogP contribution in [0.3, 0.4) is 0 Å². The first-order chi connectivity index (χ1) is 9.79. The molecule has 0 radical (unpaired) electrons. The van der Waals surface area contributed by atoms with Crippen LogP contribution in [0.25, 0.3) is 11.0 Å². The average molecular weight is 293 g/mol. The Bertz CT molecular complexity index is 589. The number of fused-ring (bicyclic) bond motifs is 1. The third-order valence-corrected chi connectivity index (χ3v) is 4.14. The highest BCUT2D eigenvalue weighted by atomic mass is 35.5. The molecule has 2 aromatic rings. The second-order valence-electron chi connectivity index (χ2n) is 5.63. The number of para-hydroxylation sites is 1. The quantitative estimate of drug-likeness (QED) is 0.572. The van der Waals surface area contributed by atoms with E-state index in [0.717, 1.165) is 43.4 Å². The number of ether oxygens (including phenoxy) is 1. The maximum Gasteiger partial charge on any atom is 0.124 e. The van der Waals surface area contributed by atoms with Crippen LogP contribution in [-0.4, -0.2) is 22.8 Å². The van der Waals surface area contributed by atoms with Crippen molar-refractivity contribution in [3.63, 3.8) is 0 Å². The van der Waals surface area contributed by atoms with E-state index in [1.54, 1.807) is 0 Å². The van der Waals surface area contributed by atoms with E-state index in [9.17, 15) is 0 Å². The number of nitrogens with zero attached hydrogens (tertiary/aromatic N) is 2. The summed E-state index contributed by atoms with van der Waals surface area (Å²) in [6.07, 6.45) is 3.71. The second-order valence-corrected chi connectivity index (χ2v) is 5.90. The maximum atomic E-state index is 6.03. The molecule has 1 aliphatic rings.